The predicted molar refractivity (Wildman–Crippen MR) is 101 cm³/mol. The first kappa shape index (κ1) is 17.4. The molecular weight excluding hydrogens is 296 g/mol. The largest absolute Gasteiger partial charge is 0.363 e. The summed E-state index contributed by atoms with van der Waals surface area (Å²) in [5.41, 5.74) is 2.76. The number of hydrogen-bond donors (Lipinski definition) is 0. The lowest BCUT2D eigenvalue weighted by molar-refractivity contribution is 0.146. The van der Waals surface area contributed by atoms with E-state index in [9.17, 15) is 0 Å². The van der Waals surface area contributed by atoms with Gasteiger partial charge in [-0.05, 0) is 44.2 Å². The maximum atomic E-state index is 4.57. The van der Waals surface area contributed by atoms with Crippen molar-refractivity contribution in [2.45, 2.75) is 39.3 Å². The van der Waals surface area contributed by atoms with Gasteiger partial charge < -0.3 is 4.90 Å². The molecule has 1 aromatic heterocycles. The van der Waals surface area contributed by atoms with E-state index in [1.165, 1.54) is 43.6 Å². The molecule has 0 aliphatic carbocycles. The average Bonchev–Trinajstić information content (AvgIpc) is 2.83. The second kappa shape index (κ2) is 7.66. The Hall–Kier alpha value is -1.39. The molecule has 4 nitrogen and oxygen atoms in total. The Balaban J connectivity index is 1.63. The molecule has 24 heavy (non-hydrogen) atoms. The van der Waals surface area contributed by atoms with E-state index in [4.69, 9.17) is 0 Å². The van der Waals surface area contributed by atoms with Gasteiger partial charge in [0.1, 0.15) is 5.82 Å². The maximum absolute atomic E-state index is 4.57. The van der Waals surface area contributed by atoms with Crippen LogP contribution in [-0.2, 0) is 6.54 Å². The standard InChI is InChI=1S/C20H32N4/c1-16(2)9-10-24-14-18-5-7-19(24)15-23(13-18)12-17-6-8-20(21-11-17)22(3)4/h6,8-9,11,18-19H,5,7,10,12-15H2,1-4H3/t18-,19+/m1/s1. The number of hydrogen-bond acceptors (Lipinski definition) is 4. The molecule has 3 aliphatic rings. The molecule has 3 aliphatic heterocycles. The van der Waals surface area contributed by atoms with Gasteiger partial charge in [-0.25, -0.2) is 4.98 Å². The molecule has 132 valence electrons. The van der Waals surface area contributed by atoms with Gasteiger partial charge in [0.2, 0.25) is 0 Å². The van der Waals surface area contributed by atoms with Crippen molar-refractivity contribution in [3.63, 3.8) is 0 Å². The molecule has 0 aromatic carbocycles. The van der Waals surface area contributed by atoms with Crippen molar-refractivity contribution in [2.24, 2.45) is 5.92 Å². The Morgan fingerprint density at radius 2 is 2.04 bits per heavy atom. The van der Waals surface area contributed by atoms with Crippen LogP contribution in [0, 0.1) is 5.92 Å². The monoisotopic (exact) mass is 328 g/mol. The van der Waals surface area contributed by atoms with Gasteiger partial charge in [0.05, 0.1) is 0 Å². The van der Waals surface area contributed by atoms with Crippen LogP contribution in [-0.4, -0.2) is 61.1 Å². The van der Waals surface area contributed by atoms with Crippen LogP contribution in [0.2, 0.25) is 0 Å². The van der Waals surface area contributed by atoms with Gasteiger partial charge in [-0.2, -0.15) is 0 Å². The molecule has 3 saturated heterocycles. The molecule has 0 radical (unpaired) electrons. The number of fused-ring (bicyclic) bond motifs is 4. The molecule has 0 amide bonds. The third-order valence-electron chi connectivity index (χ3n) is 5.31. The van der Waals surface area contributed by atoms with Gasteiger partial charge in [-0.3, -0.25) is 9.80 Å². The Bertz CT molecular complexity index is 560. The van der Waals surface area contributed by atoms with Crippen molar-refractivity contribution in [3.8, 4) is 0 Å². The predicted octanol–water partition coefficient (Wildman–Crippen LogP) is 3.01. The molecule has 2 atom stereocenters. The third kappa shape index (κ3) is 4.37. The molecule has 2 bridgehead atoms. The SMILES string of the molecule is CC(C)=CCN1C[C@@H]2CC[C@H]1CN(Cc1ccc(N(C)C)nc1)C2. The summed E-state index contributed by atoms with van der Waals surface area (Å²) in [7, 11) is 4.07. The van der Waals surface area contributed by atoms with Crippen LogP contribution in [0.25, 0.3) is 0 Å². The molecule has 4 rings (SSSR count). The van der Waals surface area contributed by atoms with E-state index in [0.29, 0.717) is 6.04 Å². The van der Waals surface area contributed by atoms with Crippen LogP contribution in [0.5, 0.6) is 0 Å². The molecule has 0 saturated carbocycles. The van der Waals surface area contributed by atoms with Crippen LogP contribution in [0.4, 0.5) is 5.82 Å². The van der Waals surface area contributed by atoms with Crippen LogP contribution >= 0.6 is 0 Å². The molecule has 0 N–H and O–H groups in total. The lowest BCUT2D eigenvalue weighted by Gasteiger charge is -2.35. The number of anilines is 1. The second-order valence-corrected chi connectivity index (χ2v) is 7.95. The fourth-order valence-corrected chi connectivity index (χ4v) is 3.96. The fourth-order valence-electron chi connectivity index (χ4n) is 3.96. The minimum atomic E-state index is 0.716. The quantitative estimate of drug-likeness (QED) is 0.775. The number of nitrogens with zero attached hydrogens (tertiary/aromatic N) is 4. The number of rotatable bonds is 5. The first-order valence-corrected chi connectivity index (χ1v) is 9.23. The molecule has 3 fully saturated rings. The average molecular weight is 329 g/mol. The Morgan fingerprint density at radius 3 is 2.71 bits per heavy atom. The zero-order chi connectivity index (χ0) is 17.1. The van der Waals surface area contributed by atoms with E-state index < -0.39 is 0 Å². The van der Waals surface area contributed by atoms with Gasteiger partial charge in [0, 0.05) is 59.1 Å². The summed E-state index contributed by atoms with van der Waals surface area (Å²) in [6, 6.07) is 5.08. The first-order valence-electron chi connectivity index (χ1n) is 9.23. The summed E-state index contributed by atoms with van der Waals surface area (Å²) in [5.74, 6) is 1.85. The molecule has 0 unspecified atom stereocenters. The summed E-state index contributed by atoms with van der Waals surface area (Å²) in [5, 5.41) is 0. The number of pyridine rings is 1. The van der Waals surface area contributed by atoms with E-state index in [1.807, 2.05) is 20.3 Å². The van der Waals surface area contributed by atoms with Crippen molar-refractivity contribution in [1.82, 2.24) is 14.8 Å². The van der Waals surface area contributed by atoms with Crippen molar-refractivity contribution < 1.29 is 0 Å². The number of aromatic nitrogens is 1. The molecular formula is C20H32N4. The minimum Gasteiger partial charge on any atom is -0.363 e. The third-order valence-corrected chi connectivity index (χ3v) is 5.31. The normalized spacial score (nSPS) is 24.7. The van der Waals surface area contributed by atoms with Gasteiger partial charge in [0.25, 0.3) is 0 Å². The molecule has 0 spiro atoms. The highest BCUT2D eigenvalue weighted by atomic mass is 15.3. The molecule has 4 heteroatoms. The fraction of sp³-hybridized carbons (Fsp3) is 0.650. The highest BCUT2D eigenvalue weighted by Crippen LogP contribution is 2.28. The van der Waals surface area contributed by atoms with Gasteiger partial charge in [-0.15, -0.1) is 0 Å². The van der Waals surface area contributed by atoms with Gasteiger partial charge in [0.15, 0.2) is 0 Å². The zero-order valence-corrected chi connectivity index (χ0v) is 15.7. The van der Waals surface area contributed by atoms with Crippen molar-refractivity contribution in [2.75, 3.05) is 45.2 Å². The Kier molecular flexibility index (Phi) is 5.57. The van der Waals surface area contributed by atoms with Gasteiger partial charge in [-0.1, -0.05) is 17.7 Å². The number of piperidine rings is 1. The van der Waals surface area contributed by atoms with E-state index in [1.54, 1.807) is 0 Å². The van der Waals surface area contributed by atoms with Crippen LogP contribution in [0.1, 0.15) is 32.3 Å². The smallest absolute Gasteiger partial charge is 0.127 e. The zero-order valence-electron chi connectivity index (χ0n) is 15.7. The Morgan fingerprint density at radius 1 is 1.21 bits per heavy atom. The summed E-state index contributed by atoms with van der Waals surface area (Å²) in [4.78, 5) is 12.0. The summed E-state index contributed by atoms with van der Waals surface area (Å²) in [6.45, 7) is 10.3. The van der Waals surface area contributed by atoms with E-state index in [2.05, 4.69) is 51.7 Å². The van der Waals surface area contributed by atoms with Crippen molar-refractivity contribution in [3.05, 3.63) is 35.5 Å². The van der Waals surface area contributed by atoms with Crippen molar-refractivity contribution >= 4 is 5.82 Å². The van der Waals surface area contributed by atoms with E-state index in [-0.39, 0.29) is 0 Å². The van der Waals surface area contributed by atoms with E-state index >= 15 is 0 Å². The topological polar surface area (TPSA) is 22.6 Å². The summed E-state index contributed by atoms with van der Waals surface area (Å²) in [6.07, 6.45) is 7.18. The van der Waals surface area contributed by atoms with Gasteiger partial charge >= 0.3 is 0 Å². The second-order valence-electron chi connectivity index (χ2n) is 7.95. The molecule has 1 aromatic rings. The lowest BCUT2D eigenvalue weighted by atomic mass is 9.95. The van der Waals surface area contributed by atoms with Crippen LogP contribution in [0.15, 0.2) is 30.0 Å². The highest BCUT2D eigenvalue weighted by molar-refractivity contribution is 5.37. The first-order chi connectivity index (χ1) is 11.5. The molecule has 4 heterocycles. The minimum absolute atomic E-state index is 0.716. The number of allylic oxidation sites excluding steroid dienone is 1. The maximum Gasteiger partial charge on any atom is 0.127 e. The van der Waals surface area contributed by atoms with Crippen molar-refractivity contribution in [1.29, 1.82) is 0 Å². The van der Waals surface area contributed by atoms with Crippen LogP contribution < -0.4 is 4.90 Å². The van der Waals surface area contributed by atoms with Crippen LogP contribution in [0.3, 0.4) is 0 Å². The Labute approximate surface area is 147 Å². The summed E-state index contributed by atoms with van der Waals surface area (Å²) < 4.78 is 0. The highest BCUT2D eigenvalue weighted by Gasteiger charge is 2.34. The lowest BCUT2D eigenvalue weighted by Crippen LogP contribution is -2.43. The van der Waals surface area contributed by atoms with E-state index in [0.717, 1.165) is 24.8 Å². The summed E-state index contributed by atoms with van der Waals surface area (Å²) >= 11 is 0.